The number of fused-ring (bicyclic) bond motifs is 3. The van der Waals surface area contributed by atoms with Gasteiger partial charge in [0.1, 0.15) is 0 Å². The first-order valence-corrected chi connectivity index (χ1v) is 12.9. The lowest BCUT2D eigenvalue weighted by molar-refractivity contribution is 0.0726. The molecular weight excluding hydrogens is 446 g/mol. The van der Waals surface area contributed by atoms with E-state index in [1.807, 2.05) is 46.2 Å². The number of carbonyl (C=O) groups excluding carboxylic acids is 2. The molecule has 2 atom stereocenters. The summed E-state index contributed by atoms with van der Waals surface area (Å²) in [6.07, 6.45) is 1.76. The van der Waals surface area contributed by atoms with Crippen LogP contribution in [0.1, 0.15) is 81.9 Å². The van der Waals surface area contributed by atoms with Crippen LogP contribution in [0, 0.1) is 0 Å². The minimum atomic E-state index is -0.201. The van der Waals surface area contributed by atoms with Crippen molar-refractivity contribution in [3.05, 3.63) is 106 Å². The highest BCUT2D eigenvalue weighted by Crippen LogP contribution is 2.49. The molecule has 5 heteroatoms. The molecule has 0 radical (unpaired) electrons. The summed E-state index contributed by atoms with van der Waals surface area (Å²) in [6, 6.07) is 24.1. The number of benzene rings is 3. The molecule has 6 rings (SSSR count). The van der Waals surface area contributed by atoms with Gasteiger partial charge < -0.3 is 14.4 Å². The molecule has 0 bridgehead atoms. The van der Waals surface area contributed by atoms with Crippen LogP contribution >= 0.6 is 0 Å². The van der Waals surface area contributed by atoms with Gasteiger partial charge in [-0.3, -0.25) is 9.59 Å². The number of rotatable bonds is 6. The summed E-state index contributed by atoms with van der Waals surface area (Å²) in [6.45, 7) is 5.59. The van der Waals surface area contributed by atoms with E-state index in [1.165, 1.54) is 0 Å². The van der Waals surface area contributed by atoms with Gasteiger partial charge in [0.2, 0.25) is 0 Å². The summed E-state index contributed by atoms with van der Waals surface area (Å²) < 4.78 is 2.25. The van der Waals surface area contributed by atoms with Crippen LogP contribution in [0.4, 0.5) is 0 Å². The summed E-state index contributed by atoms with van der Waals surface area (Å²) >= 11 is 0. The first-order valence-electron chi connectivity index (χ1n) is 12.9. The second-order valence-corrected chi connectivity index (χ2v) is 9.85. The lowest BCUT2D eigenvalue weighted by Gasteiger charge is -2.31. The smallest absolute Gasteiger partial charge is 0.255 e. The second-order valence-electron chi connectivity index (χ2n) is 9.85. The number of para-hydroxylation sites is 1. The van der Waals surface area contributed by atoms with Crippen LogP contribution in [0.3, 0.4) is 0 Å². The second kappa shape index (κ2) is 8.66. The lowest BCUT2D eigenvalue weighted by Crippen LogP contribution is -2.33. The molecule has 2 aliphatic rings. The molecule has 36 heavy (non-hydrogen) atoms. The number of amides is 2. The minimum absolute atomic E-state index is 0.0852. The van der Waals surface area contributed by atoms with Crippen molar-refractivity contribution in [2.24, 2.45) is 7.05 Å². The van der Waals surface area contributed by atoms with E-state index >= 15 is 0 Å². The van der Waals surface area contributed by atoms with E-state index in [9.17, 15) is 9.59 Å². The predicted molar refractivity (Wildman–Crippen MR) is 142 cm³/mol. The molecule has 4 aromatic rings. The van der Waals surface area contributed by atoms with Gasteiger partial charge in [0.05, 0.1) is 17.8 Å². The van der Waals surface area contributed by atoms with Crippen molar-refractivity contribution in [2.45, 2.75) is 38.8 Å². The molecule has 2 aliphatic heterocycles. The molecule has 0 aliphatic carbocycles. The molecule has 0 saturated carbocycles. The van der Waals surface area contributed by atoms with E-state index < -0.39 is 0 Å². The summed E-state index contributed by atoms with van der Waals surface area (Å²) in [7, 11) is 2.10. The zero-order valence-electron chi connectivity index (χ0n) is 21.1. The van der Waals surface area contributed by atoms with Gasteiger partial charge in [-0.2, -0.15) is 0 Å². The van der Waals surface area contributed by atoms with Crippen LogP contribution in [0.2, 0.25) is 0 Å². The lowest BCUT2D eigenvalue weighted by atomic mass is 9.91. The summed E-state index contributed by atoms with van der Waals surface area (Å²) in [4.78, 5) is 31.3. The van der Waals surface area contributed by atoms with Crippen molar-refractivity contribution < 1.29 is 9.59 Å². The van der Waals surface area contributed by atoms with E-state index in [4.69, 9.17) is 0 Å². The molecule has 3 heterocycles. The number of hydrogen-bond acceptors (Lipinski definition) is 2. The van der Waals surface area contributed by atoms with Crippen LogP contribution in [-0.4, -0.2) is 39.3 Å². The molecule has 3 aromatic carbocycles. The Morgan fingerprint density at radius 1 is 0.667 bits per heavy atom. The average Bonchev–Trinajstić information content (AvgIpc) is 3.45. The minimum Gasteiger partial charge on any atom is -0.345 e. The van der Waals surface area contributed by atoms with Gasteiger partial charge in [-0.25, -0.2) is 0 Å². The Hall–Kier alpha value is -3.86. The third kappa shape index (κ3) is 3.08. The Kier molecular flexibility index (Phi) is 5.44. The van der Waals surface area contributed by atoms with E-state index in [-0.39, 0.29) is 23.9 Å². The monoisotopic (exact) mass is 477 g/mol. The highest BCUT2D eigenvalue weighted by atomic mass is 16.2. The van der Waals surface area contributed by atoms with Gasteiger partial charge in [0, 0.05) is 47.7 Å². The number of carbonyl (C=O) groups is 2. The van der Waals surface area contributed by atoms with Crippen molar-refractivity contribution in [1.82, 2.24) is 14.4 Å². The van der Waals surface area contributed by atoms with Crippen LogP contribution in [0.15, 0.2) is 72.8 Å². The van der Waals surface area contributed by atoms with Gasteiger partial charge in [-0.15, -0.1) is 0 Å². The molecule has 1 aromatic heterocycles. The van der Waals surface area contributed by atoms with Crippen molar-refractivity contribution in [1.29, 1.82) is 0 Å². The summed E-state index contributed by atoms with van der Waals surface area (Å²) in [5.74, 6) is 0.173. The normalized spacial score (nSPS) is 18.9. The van der Waals surface area contributed by atoms with Crippen molar-refractivity contribution in [2.75, 3.05) is 13.1 Å². The molecule has 0 saturated heterocycles. The Balaban J connectivity index is 1.68. The Morgan fingerprint density at radius 3 is 1.78 bits per heavy atom. The quantitative estimate of drug-likeness (QED) is 0.337. The Labute approximate surface area is 211 Å². The predicted octanol–water partition coefficient (Wildman–Crippen LogP) is 6.09. The fourth-order valence-electron chi connectivity index (χ4n) is 6.35. The van der Waals surface area contributed by atoms with Gasteiger partial charge >= 0.3 is 0 Å². The Morgan fingerprint density at radius 2 is 1.17 bits per heavy atom. The molecule has 0 unspecified atom stereocenters. The fourth-order valence-corrected chi connectivity index (χ4v) is 6.35. The highest BCUT2D eigenvalue weighted by Gasteiger charge is 2.45. The van der Waals surface area contributed by atoms with Crippen LogP contribution in [0.25, 0.3) is 10.9 Å². The molecular formula is C31H31N3O2. The Bertz CT molecular complexity index is 1500. The van der Waals surface area contributed by atoms with Gasteiger partial charge in [0.15, 0.2) is 0 Å². The zero-order valence-corrected chi connectivity index (χ0v) is 21.1. The third-order valence-corrected chi connectivity index (χ3v) is 7.77. The topological polar surface area (TPSA) is 45.6 Å². The number of aryl methyl sites for hydroxylation is 1. The molecule has 182 valence electrons. The third-order valence-electron chi connectivity index (χ3n) is 7.77. The molecule has 5 nitrogen and oxygen atoms in total. The van der Waals surface area contributed by atoms with E-state index in [1.54, 1.807) is 0 Å². The van der Waals surface area contributed by atoms with Gasteiger partial charge in [0.25, 0.3) is 11.8 Å². The number of nitrogens with zero attached hydrogens (tertiary/aromatic N) is 3. The van der Waals surface area contributed by atoms with Gasteiger partial charge in [-0.1, -0.05) is 68.4 Å². The summed E-state index contributed by atoms with van der Waals surface area (Å²) in [5, 5.41) is 1.14. The zero-order chi connectivity index (χ0) is 25.0. The maximum absolute atomic E-state index is 13.6. The first kappa shape index (κ1) is 22.6. The maximum Gasteiger partial charge on any atom is 0.255 e. The number of aromatic nitrogens is 1. The largest absolute Gasteiger partial charge is 0.345 e. The van der Waals surface area contributed by atoms with E-state index in [0.29, 0.717) is 13.1 Å². The first-order chi connectivity index (χ1) is 17.6. The molecule has 0 N–H and O–H groups in total. The van der Waals surface area contributed by atoms with Crippen molar-refractivity contribution in [3.8, 4) is 0 Å². The average molecular weight is 478 g/mol. The molecule has 0 spiro atoms. The molecule has 0 fully saturated rings. The summed E-state index contributed by atoms with van der Waals surface area (Å²) in [5.41, 5.74) is 7.00. The number of hydrogen-bond donors (Lipinski definition) is 0. The van der Waals surface area contributed by atoms with Gasteiger partial charge in [-0.05, 0) is 42.2 Å². The SMILES string of the molecule is CCCN1C(=O)c2ccccc2[C@@H]1c1c([C@H]2c3ccccc3C(=O)N2CCC)n(C)c2ccccc12. The van der Waals surface area contributed by atoms with E-state index in [2.05, 4.69) is 61.9 Å². The maximum atomic E-state index is 13.6. The van der Waals surface area contributed by atoms with Crippen LogP contribution in [0.5, 0.6) is 0 Å². The van der Waals surface area contributed by atoms with Crippen molar-refractivity contribution >= 4 is 22.7 Å². The fraction of sp³-hybridized carbons (Fsp3) is 0.290. The highest BCUT2D eigenvalue weighted by molar-refractivity contribution is 6.02. The van der Waals surface area contributed by atoms with E-state index in [0.717, 1.165) is 57.3 Å². The van der Waals surface area contributed by atoms with Crippen LogP contribution in [-0.2, 0) is 7.05 Å². The van der Waals surface area contributed by atoms with Crippen molar-refractivity contribution in [3.63, 3.8) is 0 Å². The standard InChI is InChI=1S/C31H31N3O2/c1-4-18-33-27(20-12-6-8-14-22(20)30(33)35)26-24-16-10-11-17-25(24)32(3)29(26)28-21-13-7-9-15-23(21)31(36)34(28)19-5-2/h6-17,27-28H,4-5,18-19H2,1-3H3/t27-,28-/m1/s1. The van der Waals surface area contributed by atoms with Crippen LogP contribution < -0.4 is 0 Å². The molecule has 2 amide bonds.